The van der Waals surface area contributed by atoms with Gasteiger partial charge in [0.1, 0.15) is 6.07 Å². The fraction of sp³-hybridized carbons (Fsp3) is 0.455. The average Bonchev–Trinajstić information content (AvgIpc) is 2.29. The molecule has 0 aliphatic carbocycles. The molecule has 0 aliphatic rings. The van der Waals surface area contributed by atoms with Crippen molar-refractivity contribution in [2.45, 2.75) is 19.4 Å². The molecule has 1 atom stereocenters. The number of nitrogen functional groups attached to an aromatic ring is 1. The lowest BCUT2D eigenvalue weighted by Crippen LogP contribution is -2.19. The zero-order chi connectivity index (χ0) is 12.0. The van der Waals surface area contributed by atoms with Crippen molar-refractivity contribution >= 4 is 11.5 Å². The first-order valence-electron chi connectivity index (χ1n) is 5.09. The smallest absolute Gasteiger partial charge is 0.150 e. The van der Waals surface area contributed by atoms with Gasteiger partial charge in [-0.15, -0.1) is 0 Å². The van der Waals surface area contributed by atoms with Crippen LogP contribution in [0.15, 0.2) is 12.3 Å². The first kappa shape index (κ1) is 12.3. The van der Waals surface area contributed by atoms with Crippen LogP contribution in [0.3, 0.4) is 0 Å². The number of hydrogen-bond acceptors (Lipinski definition) is 5. The first-order valence-corrected chi connectivity index (χ1v) is 5.09. The van der Waals surface area contributed by atoms with Crippen molar-refractivity contribution in [3.05, 3.63) is 17.8 Å². The van der Waals surface area contributed by atoms with Crippen molar-refractivity contribution < 1.29 is 4.74 Å². The van der Waals surface area contributed by atoms with Crippen LogP contribution >= 0.6 is 0 Å². The van der Waals surface area contributed by atoms with Crippen molar-refractivity contribution in [2.75, 3.05) is 24.8 Å². The summed E-state index contributed by atoms with van der Waals surface area (Å²) in [6, 6.07) is 3.82. The third kappa shape index (κ3) is 3.11. The molecule has 0 aromatic carbocycles. The molecule has 1 rings (SSSR count). The summed E-state index contributed by atoms with van der Waals surface area (Å²) in [7, 11) is 1.66. The molecule has 0 amide bonds. The average molecular weight is 220 g/mol. The number of nitriles is 1. The van der Waals surface area contributed by atoms with Gasteiger partial charge in [-0.3, -0.25) is 0 Å². The Labute approximate surface area is 95.2 Å². The molecule has 5 heteroatoms. The van der Waals surface area contributed by atoms with Gasteiger partial charge in [0, 0.05) is 26.0 Å². The van der Waals surface area contributed by atoms with Crippen molar-refractivity contribution in [3.63, 3.8) is 0 Å². The number of methoxy groups -OCH3 is 1. The van der Waals surface area contributed by atoms with Gasteiger partial charge in [-0.05, 0) is 19.4 Å². The number of anilines is 2. The van der Waals surface area contributed by atoms with Gasteiger partial charge in [0.25, 0.3) is 0 Å². The normalized spacial score (nSPS) is 11.8. The molecule has 1 aromatic heterocycles. The fourth-order valence-corrected chi connectivity index (χ4v) is 1.29. The molecule has 1 aromatic rings. The zero-order valence-corrected chi connectivity index (χ0v) is 9.53. The second-order valence-electron chi connectivity index (χ2n) is 3.56. The van der Waals surface area contributed by atoms with E-state index in [1.54, 1.807) is 19.4 Å². The molecule has 5 nitrogen and oxygen atoms in total. The molecule has 0 aliphatic heterocycles. The Kier molecular flexibility index (Phi) is 4.55. The molecular weight excluding hydrogens is 204 g/mol. The third-order valence-corrected chi connectivity index (χ3v) is 2.25. The second-order valence-corrected chi connectivity index (χ2v) is 3.56. The molecule has 3 N–H and O–H groups in total. The monoisotopic (exact) mass is 220 g/mol. The lowest BCUT2D eigenvalue weighted by atomic mass is 10.2. The standard InChI is InChI=1S/C11H16N4O/c1-8(4-6-16-2)15-11-10(13)9(7-12)3-5-14-11/h3,5,8H,4,6,13H2,1-2H3,(H,14,15). The number of ether oxygens (including phenoxy) is 1. The zero-order valence-electron chi connectivity index (χ0n) is 9.53. The van der Waals surface area contributed by atoms with Crippen molar-refractivity contribution in [1.82, 2.24) is 4.98 Å². The van der Waals surface area contributed by atoms with E-state index in [2.05, 4.69) is 10.3 Å². The van der Waals surface area contributed by atoms with E-state index in [9.17, 15) is 0 Å². The van der Waals surface area contributed by atoms with E-state index in [1.807, 2.05) is 13.0 Å². The highest BCUT2D eigenvalue weighted by Gasteiger charge is 2.08. The SMILES string of the molecule is COCCC(C)Nc1nccc(C#N)c1N. The van der Waals surface area contributed by atoms with Crippen LogP contribution in [0.1, 0.15) is 18.9 Å². The van der Waals surface area contributed by atoms with Gasteiger partial charge in [-0.1, -0.05) is 0 Å². The first-order chi connectivity index (χ1) is 7.69. The summed E-state index contributed by atoms with van der Waals surface area (Å²) in [4.78, 5) is 4.11. The largest absolute Gasteiger partial charge is 0.395 e. The van der Waals surface area contributed by atoms with Gasteiger partial charge in [0.05, 0.1) is 11.3 Å². The highest BCUT2D eigenvalue weighted by atomic mass is 16.5. The van der Waals surface area contributed by atoms with Crippen LogP contribution < -0.4 is 11.1 Å². The number of nitrogens with two attached hydrogens (primary N) is 1. The van der Waals surface area contributed by atoms with Crippen LogP contribution in [0.25, 0.3) is 0 Å². The molecule has 0 saturated carbocycles. The summed E-state index contributed by atoms with van der Waals surface area (Å²) >= 11 is 0. The van der Waals surface area contributed by atoms with Gasteiger partial charge in [-0.25, -0.2) is 4.98 Å². The number of hydrogen-bond donors (Lipinski definition) is 2. The quantitative estimate of drug-likeness (QED) is 0.783. The fourth-order valence-electron chi connectivity index (χ4n) is 1.29. The highest BCUT2D eigenvalue weighted by molar-refractivity contribution is 5.69. The van der Waals surface area contributed by atoms with E-state index in [4.69, 9.17) is 15.7 Å². The lowest BCUT2D eigenvalue weighted by molar-refractivity contribution is 0.191. The number of aromatic nitrogens is 1. The topological polar surface area (TPSA) is 84.0 Å². The minimum Gasteiger partial charge on any atom is -0.395 e. The molecular formula is C11H16N4O. The summed E-state index contributed by atoms with van der Waals surface area (Å²) in [6.07, 6.45) is 2.43. The molecule has 1 heterocycles. The Morgan fingerprint density at radius 1 is 1.69 bits per heavy atom. The van der Waals surface area contributed by atoms with E-state index in [0.717, 1.165) is 6.42 Å². The van der Waals surface area contributed by atoms with Gasteiger partial charge >= 0.3 is 0 Å². The van der Waals surface area contributed by atoms with Crippen LogP contribution in [0.2, 0.25) is 0 Å². The lowest BCUT2D eigenvalue weighted by Gasteiger charge is -2.15. The molecule has 0 radical (unpaired) electrons. The van der Waals surface area contributed by atoms with E-state index >= 15 is 0 Å². The number of rotatable bonds is 5. The summed E-state index contributed by atoms with van der Waals surface area (Å²) < 4.78 is 4.98. The predicted octanol–water partition coefficient (Wildman–Crippen LogP) is 1.37. The second kappa shape index (κ2) is 5.93. The maximum absolute atomic E-state index is 8.81. The minimum atomic E-state index is 0.198. The van der Waals surface area contributed by atoms with Gasteiger partial charge in [-0.2, -0.15) is 5.26 Å². The Hall–Kier alpha value is -1.80. The Balaban J connectivity index is 2.70. The minimum absolute atomic E-state index is 0.198. The molecule has 86 valence electrons. The Bertz CT molecular complexity index is 386. The number of nitrogens with one attached hydrogen (secondary N) is 1. The molecule has 16 heavy (non-hydrogen) atoms. The van der Waals surface area contributed by atoms with Crippen LogP contribution in [0.4, 0.5) is 11.5 Å². The summed E-state index contributed by atoms with van der Waals surface area (Å²) in [5.74, 6) is 0.558. The van der Waals surface area contributed by atoms with Gasteiger partial charge < -0.3 is 15.8 Å². The van der Waals surface area contributed by atoms with E-state index in [0.29, 0.717) is 23.7 Å². The predicted molar refractivity (Wildman–Crippen MR) is 62.9 cm³/mol. The molecule has 1 unspecified atom stereocenters. The highest BCUT2D eigenvalue weighted by Crippen LogP contribution is 2.20. The number of nitrogens with zero attached hydrogens (tertiary/aromatic N) is 2. The van der Waals surface area contributed by atoms with Gasteiger partial charge in [0.2, 0.25) is 0 Å². The van der Waals surface area contributed by atoms with E-state index in [1.165, 1.54) is 0 Å². The summed E-state index contributed by atoms with van der Waals surface area (Å²) in [5, 5.41) is 12.0. The van der Waals surface area contributed by atoms with Crippen LogP contribution in [-0.4, -0.2) is 24.7 Å². The maximum Gasteiger partial charge on any atom is 0.150 e. The third-order valence-electron chi connectivity index (χ3n) is 2.25. The van der Waals surface area contributed by atoms with Crippen molar-refractivity contribution in [1.29, 1.82) is 5.26 Å². The Morgan fingerprint density at radius 3 is 3.06 bits per heavy atom. The summed E-state index contributed by atoms with van der Waals surface area (Å²) in [6.45, 7) is 2.69. The van der Waals surface area contributed by atoms with Crippen LogP contribution in [0, 0.1) is 11.3 Å². The molecule has 0 spiro atoms. The van der Waals surface area contributed by atoms with Gasteiger partial charge in [0.15, 0.2) is 5.82 Å². The molecule has 0 fully saturated rings. The molecule has 0 saturated heterocycles. The maximum atomic E-state index is 8.81. The molecule has 0 bridgehead atoms. The van der Waals surface area contributed by atoms with Crippen LogP contribution in [0.5, 0.6) is 0 Å². The van der Waals surface area contributed by atoms with E-state index in [-0.39, 0.29) is 6.04 Å². The van der Waals surface area contributed by atoms with Crippen LogP contribution in [-0.2, 0) is 4.74 Å². The Morgan fingerprint density at radius 2 is 2.44 bits per heavy atom. The van der Waals surface area contributed by atoms with Crippen molar-refractivity contribution in [2.24, 2.45) is 0 Å². The number of pyridine rings is 1. The van der Waals surface area contributed by atoms with Crippen molar-refractivity contribution in [3.8, 4) is 6.07 Å². The summed E-state index contributed by atoms with van der Waals surface area (Å²) in [5.41, 5.74) is 6.63. The van der Waals surface area contributed by atoms with E-state index < -0.39 is 0 Å².